The van der Waals surface area contributed by atoms with Crippen LogP contribution in [0.4, 0.5) is 0 Å². The van der Waals surface area contributed by atoms with Crippen LogP contribution in [0.5, 0.6) is 5.75 Å². The molecular formula is C18H18N6O3. The standard InChI is InChI=1S/C18H18N6O3/c1-22-14-8-7-12(20-21-19)15(11-5-3-2-4-6-11)24(14)23-10-9-13(25)17(26)16(23)18(22)27/h2-6,9-10,12,14-15,26H,7-8H2,1H3. The number of azide groups is 1. The minimum atomic E-state index is -0.610. The molecule has 138 valence electrons. The van der Waals surface area contributed by atoms with Crippen LogP contribution in [0.15, 0.2) is 52.5 Å². The van der Waals surface area contributed by atoms with Gasteiger partial charge in [0.25, 0.3) is 5.91 Å². The molecule has 0 spiro atoms. The van der Waals surface area contributed by atoms with Gasteiger partial charge >= 0.3 is 0 Å². The topological polar surface area (TPSA) is 115 Å². The third kappa shape index (κ3) is 2.51. The fraction of sp³-hybridized carbons (Fsp3) is 0.333. The smallest absolute Gasteiger partial charge is 0.277 e. The number of benzene rings is 1. The normalized spacial score (nSPS) is 24.0. The van der Waals surface area contributed by atoms with Crippen molar-refractivity contribution in [2.75, 3.05) is 12.1 Å². The first-order valence-electron chi connectivity index (χ1n) is 8.64. The van der Waals surface area contributed by atoms with Gasteiger partial charge in [-0.05, 0) is 23.9 Å². The second kappa shape index (κ2) is 6.37. The quantitative estimate of drug-likeness (QED) is 0.498. The third-order valence-electron chi connectivity index (χ3n) is 5.29. The number of pyridine rings is 1. The molecule has 0 bridgehead atoms. The van der Waals surface area contributed by atoms with Gasteiger partial charge in [0.05, 0.1) is 12.1 Å². The predicted octanol–water partition coefficient (Wildman–Crippen LogP) is 2.12. The number of amides is 1. The van der Waals surface area contributed by atoms with Crippen LogP contribution in [0.25, 0.3) is 10.4 Å². The van der Waals surface area contributed by atoms with Gasteiger partial charge < -0.3 is 10.0 Å². The fourth-order valence-corrected chi connectivity index (χ4v) is 4.04. The Morgan fingerprint density at radius 1 is 1.19 bits per heavy atom. The number of hydrogen-bond donors (Lipinski definition) is 1. The number of carbonyl (C=O) groups excluding carboxylic acids is 1. The maximum Gasteiger partial charge on any atom is 0.277 e. The molecule has 0 aliphatic carbocycles. The van der Waals surface area contributed by atoms with Crippen LogP contribution in [0.2, 0.25) is 0 Å². The number of aromatic nitrogens is 1. The number of fused-ring (bicyclic) bond motifs is 3. The molecule has 3 unspecified atom stereocenters. The first-order valence-corrected chi connectivity index (χ1v) is 8.64. The van der Waals surface area contributed by atoms with Gasteiger partial charge in [0.2, 0.25) is 5.43 Å². The average molecular weight is 366 g/mol. The van der Waals surface area contributed by atoms with Crippen LogP contribution >= 0.6 is 0 Å². The number of rotatable bonds is 2. The van der Waals surface area contributed by atoms with Gasteiger partial charge in [-0.3, -0.25) is 19.3 Å². The van der Waals surface area contributed by atoms with Crippen LogP contribution < -0.4 is 10.4 Å². The van der Waals surface area contributed by atoms with E-state index in [2.05, 4.69) is 10.0 Å². The lowest BCUT2D eigenvalue weighted by Gasteiger charge is -2.53. The molecule has 9 nitrogen and oxygen atoms in total. The van der Waals surface area contributed by atoms with Crippen molar-refractivity contribution in [1.82, 2.24) is 9.58 Å². The van der Waals surface area contributed by atoms with Gasteiger partial charge in [0.15, 0.2) is 11.4 Å². The molecule has 1 aromatic heterocycles. The van der Waals surface area contributed by atoms with Gasteiger partial charge in [0.1, 0.15) is 6.17 Å². The zero-order chi connectivity index (χ0) is 19.1. The molecule has 1 aromatic carbocycles. The highest BCUT2D eigenvalue weighted by atomic mass is 16.3. The number of nitrogens with zero attached hydrogens (tertiary/aromatic N) is 6. The van der Waals surface area contributed by atoms with Crippen molar-refractivity contribution < 1.29 is 9.90 Å². The number of hydrogen-bond acceptors (Lipinski definition) is 5. The van der Waals surface area contributed by atoms with E-state index >= 15 is 0 Å². The van der Waals surface area contributed by atoms with Crippen molar-refractivity contribution in [2.45, 2.75) is 31.1 Å². The first-order chi connectivity index (χ1) is 13.0. The van der Waals surface area contributed by atoms with Gasteiger partial charge in [-0.15, -0.1) is 0 Å². The zero-order valence-corrected chi connectivity index (χ0v) is 14.6. The van der Waals surface area contributed by atoms with Gasteiger partial charge in [-0.25, -0.2) is 0 Å². The van der Waals surface area contributed by atoms with E-state index in [4.69, 9.17) is 5.53 Å². The molecule has 0 radical (unpaired) electrons. The summed E-state index contributed by atoms with van der Waals surface area (Å²) in [7, 11) is 1.65. The Labute approximate surface area is 154 Å². The molecule has 2 aromatic rings. The highest BCUT2D eigenvalue weighted by Crippen LogP contribution is 2.39. The Hall–Kier alpha value is -3.45. The molecule has 0 saturated carbocycles. The van der Waals surface area contributed by atoms with Gasteiger partial charge in [0, 0.05) is 24.2 Å². The summed E-state index contributed by atoms with van der Waals surface area (Å²) in [5.41, 5.74) is 9.27. The van der Waals surface area contributed by atoms with Crippen LogP contribution in [-0.4, -0.2) is 39.8 Å². The highest BCUT2D eigenvalue weighted by molar-refractivity contribution is 5.96. The molecule has 1 saturated heterocycles. The van der Waals surface area contributed by atoms with Crippen molar-refractivity contribution >= 4 is 5.91 Å². The van der Waals surface area contributed by atoms with Crippen LogP contribution in [0, 0.1) is 0 Å². The molecule has 3 heterocycles. The monoisotopic (exact) mass is 366 g/mol. The molecular weight excluding hydrogens is 348 g/mol. The summed E-state index contributed by atoms with van der Waals surface area (Å²) in [6, 6.07) is 10.1. The summed E-state index contributed by atoms with van der Waals surface area (Å²) in [4.78, 5) is 29.2. The van der Waals surface area contributed by atoms with Crippen molar-refractivity contribution in [3.8, 4) is 5.75 Å². The Morgan fingerprint density at radius 3 is 2.63 bits per heavy atom. The summed E-state index contributed by atoms with van der Waals surface area (Å²) in [6.07, 6.45) is 2.41. The van der Waals surface area contributed by atoms with Crippen LogP contribution in [0.1, 0.15) is 34.9 Å². The van der Waals surface area contributed by atoms with Gasteiger partial charge in [-0.1, -0.05) is 35.4 Å². The molecule has 1 amide bonds. The third-order valence-corrected chi connectivity index (χ3v) is 5.29. The van der Waals surface area contributed by atoms with E-state index < -0.39 is 17.1 Å². The summed E-state index contributed by atoms with van der Waals surface area (Å²) in [5, 5.41) is 16.2. The second-order valence-electron chi connectivity index (χ2n) is 6.70. The van der Waals surface area contributed by atoms with E-state index in [0.29, 0.717) is 12.8 Å². The average Bonchev–Trinajstić information content (AvgIpc) is 2.69. The molecule has 27 heavy (non-hydrogen) atoms. The van der Waals surface area contributed by atoms with Crippen molar-refractivity contribution in [2.24, 2.45) is 5.11 Å². The highest BCUT2D eigenvalue weighted by Gasteiger charge is 2.46. The van der Waals surface area contributed by atoms with Crippen LogP contribution in [0.3, 0.4) is 0 Å². The molecule has 9 heteroatoms. The zero-order valence-electron chi connectivity index (χ0n) is 14.6. The Morgan fingerprint density at radius 2 is 1.93 bits per heavy atom. The van der Waals surface area contributed by atoms with E-state index in [1.165, 1.54) is 21.8 Å². The van der Waals surface area contributed by atoms with E-state index in [1.807, 2.05) is 35.3 Å². The molecule has 4 rings (SSSR count). The Bertz CT molecular complexity index is 998. The van der Waals surface area contributed by atoms with Gasteiger partial charge in [-0.2, -0.15) is 0 Å². The summed E-state index contributed by atoms with van der Waals surface area (Å²) >= 11 is 0. The second-order valence-corrected chi connectivity index (χ2v) is 6.70. The fourth-order valence-electron chi connectivity index (χ4n) is 4.04. The Balaban J connectivity index is 1.96. The summed E-state index contributed by atoms with van der Waals surface area (Å²) in [5.74, 6) is -0.994. The maximum absolute atomic E-state index is 12.8. The molecule has 3 atom stereocenters. The number of carbonyl (C=O) groups is 1. The predicted molar refractivity (Wildman–Crippen MR) is 97.8 cm³/mol. The number of aromatic hydroxyl groups is 1. The summed E-state index contributed by atoms with van der Waals surface area (Å²) < 4.78 is 1.53. The Kier molecular flexibility index (Phi) is 4.01. The minimum absolute atomic E-state index is 0.0798. The lowest BCUT2D eigenvalue weighted by molar-refractivity contribution is 0.0536. The van der Waals surface area contributed by atoms with E-state index in [9.17, 15) is 14.7 Å². The minimum Gasteiger partial charge on any atom is -0.502 e. The van der Waals surface area contributed by atoms with Crippen molar-refractivity contribution in [3.63, 3.8) is 0 Å². The van der Waals surface area contributed by atoms with E-state index in [-0.39, 0.29) is 23.9 Å². The lowest BCUT2D eigenvalue weighted by atomic mass is 9.89. The molecule has 1 N–H and O–H groups in total. The SMILES string of the molecule is CN1C(=O)c2c(O)c(=O)ccn2N2C(c3ccccc3)C(N=[N+]=[N-])CCC12. The van der Waals surface area contributed by atoms with Crippen molar-refractivity contribution in [1.29, 1.82) is 0 Å². The largest absolute Gasteiger partial charge is 0.502 e. The molecule has 2 aliphatic rings. The maximum atomic E-state index is 12.8. The number of piperidine rings is 1. The molecule has 2 aliphatic heterocycles. The van der Waals surface area contributed by atoms with E-state index in [1.54, 1.807) is 7.05 Å². The van der Waals surface area contributed by atoms with E-state index in [0.717, 1.165) is 5.56 Å². The van der Waals surface area contributed by atoms with Crippen LogP contribution in [-0.2, 0) is 0 Å². The van der Waals surface area contributed by atoms with Crippen molar-refractivity contribution in [3.05, 3.63) is 74.5 Å². The first kappa shape index (κ1) is 17.0. The lowest BCUT2D eigenvalue weighted by Crippen LogP contribution is -2.64. The summed E-state index contributed by atoms with van der Waals surface area (Å²) in [6.45, 7) is 0. The molecule has 1 fully saturated rings.